The van der Waals surface area contributed by atoms with E-state index in [0.29, 0.717) is 6.54 Å². The van der Waals surface area contributed by atoms with Crippen LogP contribution in [0, 0.1) is 5.82 Å². The SMILES string of the molecule is CC1CCCCCN1S(=O)(=O)c1ccc(F)c(C(=O)O)c1. The molecule has 0 saturated carbocycles. The molecule has 1 aromatic rings. The van der Waals surface area contributed by atoms with E-state index in [4.69, 9.17) is 5.11 Å². The number of carboxylic acids is 1. The van der Waals surface area contributed by atoms with E-state index in [1.54, 1.807) is 0 Å². The van der Waals surface area contributed by atoms with Crippen molar-refractivity contribution >= 4 is 16.0 Å². The number of benzene rings is 1. The zero-order chi connectivity index (χ0) is 15.6. The second kappa shape index (κ2) is 6.11. The van der Waals surface area contributed by atoms with Crippen LogP contribution in [-0.4, -0.2) is 36.4 Å². The van der Waals surface area contributed by atoms with Gasteiger partial charge in [0, 0.05) is 12.6 Å². The van der Waals surface area contributed by atoms with E-state index < -0.39 is 27.4 Å². The van der Waals surface area contributed by atoms with Crippen molar-refractivity contribution < 1.29 is 22.7 Å². The number of carboxylic acid groups (broad SMARTS) is 1. The molecule has 1 fully saturated rings. The molecule has 1 atom stereocenters. The Kier molecular flexibility index (Phi) is 4.63. The van der Waals surface area contributed by atoms with Gasteiger partial charge in [0.15, 0.2) is 0 Å². The standard InChI is InChI=1S/C14H18FNO4S/c1-10-5-3-2-4-8-16(10)21(19,20)11-6-7-13(15)12(9-11)14(17)18/h6-7,9-10H,2-5,8H2,1H3,(H,17,18). The number of nitrogens with zero attached hydrogens (tertiary/aromatic N) is 1. The lowest BCUT2D eigenvalue weighted by molar-refractivity contribution is 0.0691. The third-order valence-corrected chi connectivity index (χ3v) is 5.78. The molecule has 0 aliphatic carbocycles. The minimum absolute atomic E-state index is 0.143. The third kappa shape index (κ3) is 3.24. The topological polar surface area (TPSA) is 74.7 Å². The fourth-order valence-corrected chi connectivity index (χ4v) is 4.30. The summed E-state index contributed by atoms with van der Waals surface area (Å²) in [6.45, 7) is 2.24. The van der Waals surface area contributed by atoms with Crippen molar-refractivity contribution in [2.45, 2.75) is 43.5 Å². The molecule has 21 heavy (non-hydrogen) atoms. The zero-order valence-electron chi connectivity index (χ0n) is 11.8. The molecule has 0 aromatic heterocycles. The minimum atomic E-state index is -3.80. The first-order valence-electron chi connectivity index (χ1n) is 6.88. The highest BCUT2D eigenvalue weighted by atomic mass is 32.2. The van der Waals surface area contributed by atoms with E-state index in [-0.39, 0.29) is 10.9 Å². The van der Waals surface area contributed by atoms with Gasteiger partial charge in [-0.3, -0.25) is 0 Å². The van der Waals surface area contributed by atoms with Gasteiger partial charge in [0.2, 0.25) is 10.0 Å². The van der Waals surface area contributed by atoms with Crippen molar-refractivity contribution in [3.05, 3.63) is 29.6 Å². The van der Waals surface area contributed by atoms with E-state index in [1.807, 2.05) is 6.92 Å². The first-order valence-corrected chi connectivity index (χ1v) is 8.32. The van der Waals surface area contributed by atoms with Gasteiger partial charge in [0.25, 0.3) is 0 Å². The van der Waals surface area contributed by atoms with Crippen LogP contribution in [0.2, 0.25) is 0 Å². The predicted molar refractivity (Wildman–Crippen MR) is 75.2 cm³/mol. The van der Waals surface area contributed by atoms with Gasteiger partial charge in [0.1, 0.15) is 5.82 Å². The number of sulfonamides is 1. The fourth-order valence-electron chi connectivity index (χ4n) is 2.57. The Hall–Kier alpha value is -1.47. The van der Waals surface area contributed by atoms with E-state index >= 15 is 0 Å². The smallest absolute Gasteiger partial charge is 0.338 e. The van der Waals surface area contributed by atoms with E-state index in [0.717, 1.165) is 43.9 Å². The second-order valence-electron chi connectivity index (χ2n) is 5.26. The van der Waals surface area contributed by atoms with Gasteiger partial charge in [-0.25, -0.2) is 17.6 Å². The van der Waals surface area contributed by atoms with Gasteiger partial charge in [-0.05, 0) is 38.0 Å². The Morgan fingerprint density at radius 2 is 2.05 bits per heavy atom. The maximum Gasteiger partial charge on any atom is 0.338 e. The van der Waals surface area contributed by atoms with E-state index in [9.17, 15) is 17.6 Å². The van der Waals surface area contributed by atoms with Crippen molar-refractivity contribution in [1.29, 1.82) is 0 Å². The van der Waals surface area contributed by atoms with Crippen LogP contribution >= 0.6 is 0 Å². The van der Waals surface area contributed by atoms with Crippen molar-refractivity contribution in [2.75, 3.05) is 6.54 Å². The lowest BCUT2D eigenvalue weighted by Gasteiger charge is -2.26. The highest BCUT2D eigenvalue weighted by molar-refractivity contribution is 7.89. The molecule has 1 N–H and O–H groups in total. The zero-order valence-corrected chi connectivity index (χ0v) is 12.6. The van der Waals surface area contributed by atoms with Gasteiger partial charge in [-0.2, -0.15) is 4.31 Å². The van der Waals surface area contributed by atoms with Gasteiger partial charge in [-0.1, -0.05) is 12.8 Å². The number of rotatable bonds is 3. The third-order valence-electron chi connectivity index (χ3n) is 3.77. The minimum Gasteiger partial charge on any atom is -0.478 e. The molecule has 0 spiro atoms. The van der Waals surface area contributed by atoms with Crippen LogP contribution in [0.1, 0.15) is 43.0 Å². The van der Waals surface area contributed by atoms with Crippen molar-refractivity contribution in [1.82, 2.24) is 4.31 Å². The molecule has 1 aromatic carbocycles. The quantitative estimate of drug-likeness (QED) is 0.930. The van der Waals surface area contributed by atoms with E-state index in [1.165, 1.54) is 4.31 Å². The Labute approximate surface area is 123 Å². The fraction of sp³-hybridized carbons (Fsp3) is 0.500. The lowest BCUT2D eigenvalue weighted by Crippen LogP contribution is -2.38. The van der Waals surface area contributed by atoms with Crippen LogP contribution in [0.4, 0.5) is 4.39 Å². The summed E-state index contributed by atoms with van der Waals surface area (Å²) in [5.41, 5.74) is -0.626. The maximum absolute atomic E-state index is 13.4. The summed E-state index contributed by atoms with van der Waals surface area (Å²) in [4.78, 5) is 10.8. The predicted octanol–water partition coefficient (Wildman–Crippen LogP) is 2.48. The van der Waals surface area contributed by atoms with Crippen molar-refractivity contribution in [2.24, 2.45) is 0 Å². The summed E-state index contributed by atoms with van der Waals surface area (Å²) in [6.07, 6.45) is 3.49. The molecule has 0 amide bonds. The average molecular weight is 315 g/mol. The molecule has 0 radical (unpaired) electrons. The van der Waals surface area contributed by atoms with Crippen LogP contribution in [0.25, 0.3) is 0 Å². The van der Waals surface area contributed by atoms with Gasteiger partial charge < -0.3 is 5.11 Å². The Bertz CT molecular complexity index is 644. The van der Waals surface area contributed by atoms with Gasteiger partial charge in [-0.15, -0.1) is 0 Å². The largest absolute Gasteiger partial charge is 0.478 e. The van der Waals surface area contributed by atoms with Crippen LogP contribution in [0.5, 0.6) is 0 Å². The molecule has 2 rings (SSSR count). The van der Waals surface area contributed by atoms with Crippen molar-refractivity contribution in [3.8, 4) is 0 Å². The highest BCUT2D eigenvalue weighted by Crippen LogP contribution is 2.25. The molecule has 7 heteroatoms. The number of hydrogen-bond acceptors (Lipinski definition) is 3. The van der Waals surface area contributed by atoms with Crippen molar-refractivity contribution in [3.63, 3.8) is 0 Å². The number of carbonyl (C=O) groups is 1. The maximum atomic E-state index is 13.4. The number of halogens is 1. The first-order chi connectivity index (χ1) is 9.84. The normalized spacial score (nSPS) is 21.0. The summed E-state index contributed by atoms with van der Waals surface area (Å²) in [5.74, 6) is -2.42. The molecule has 1 heterocycles. The molecular weight excluding hydrogens is 297 g/mol. The van der Waals surface area contributed by atoms with Crippen LogP contribution in [-0.2, 0) is 10.0 Å². The summed E-state index contributed by atoms with van der Waals surface area (Å²) in [7, 11) is -3.80. The summed E-state index contributed by atoms with van der Waals surface area (Å²) < 4.78 is 40.1. The molecule has 1 unspecified atom stereocenters. The molecule has 0 bridgehead atoms. The molecular formula is C14H18FNO4S. The Morgan fingerprint density at radius 1 is 1.33 bits per heavy atom. The molecule has 5 nitrogen and oxygen atoms in total. The number of aromatic carboxylic acids is 1. The molecule has 116 valence electrons. The molecule has 1 aliphatic heterocycles. The van der Waals surface area contributed by atoms with Crippen LogP contribution in [0.3, 0.4) is 0 Å². The summed E-state index contributed by atoms with van der Waals surface area (Å²) in [5, 5.41) is 8.91. The lowest BCUT2D eigenvalue weighted by atomic mass is 10.1. The Morgan fingerprint density at radius 3 is 2.71 bits per heavy atom. The summed E-state index contributed by atoms with van der Waals surface area (Å²) in [6, 6.07) is 2.76. The van der Waals surface area contributed by atoms with Gasteiger partial charge in [0.05, 0.1) is 10.5 Å². The highest BCUT2D eigenvalue weighted by Gasteiger charge is 2.30. The van der Waals surface area contributed by atoms with Gasteiger partial charge >= 0.3 is 5.97 Å². The monoisotopic (exact) mass is 315 g/mol. The summed E-state index contributed by atoms with van der Waals surface area (Å²) >= 11 is 0. The molecule has 1 aliphatic rings. The molecule has 1 saturated heterocycles. The number of hydrogen-bond donors (Lipinski definition) is 1. The Balaban J connectivity index is 2.43. The average Bonchev–Trinajstić information content (AvgIpc) is 2.63. The van der Waals surface area contributed by atoms with E-state index in [2.05, 4.69) is 0 Å². The van der Waals surface area contributed by atoms with Crippen LogP contribution < -0.4 is 0 Å². The second-order valence-corrected chi connectivity index (χ2v) is 7.15. The van der Waals surface area contributed by atoms with Crippen LogP contribution in [0.15, 0.2) is 23.1 Å². The first kappa shape index (κ1) is 15.9.